The maximum Gasteiger partial charge on any atom is 0.262 e. The van der Waals surface area contributed by atoms with Crippen LogP contribution in [0.4, 0.5) is 0 Å². The topological polar surface area (TPSA) is 87.7 Å². The lowest BCUT2D eigenvalue weighted by atomic mass is 10.0. The number of carbonyl (C=O) groups excluding carboxylic acids is 2. The second-order valence-corrected chi connectivity index (χ2v) is 8.69. The van der Waals surface area contributed by atoms with Crippen LogP contribution in [0, 0.1) is 0 Å². The summed E-state index contributed by atoms with van der Waals surface area (Å²) in [6.45, 7) is -0.150. The largest absolute Gasteiger partial charge is 0.489 e. The Morgan fingerprint density at radius 3 is 2.53 bits per heavy atom. The first-order valence-electron chi connectivity index (χ1n) is 9.85. The molecule has 0 radical (unpaired) electrons. The minimum atomic E-state index is -0.987. The van der Waals surface area contributed by atoms with E-state index in [2.05, 4.69) is 10.6 Å². The highest BCUT2D eigenvalue weighted by atomic mass is 35.5. The van der Waals surface area contributed by atoms with Crippen LogP contribution < -0.4 is 15.4 Å². The summed E-state index contributed by atoms with van der Waals surface area (Å²) in [5.74, 6) is -0.385. The molecule has 6 nitrogen and oxygen atoms in total. The zero-order valence-electron chi connectivity index (χ0n) is 17.0. The van der Waals surface area contributed by atoms with Gasteiger partial charge in [-0.25, -0.2) is 0 Å². The molecule has 1 heterocycles. The van der Waals surface area contributed by atoms with Gasteiger partial charge >= 0.3 is 0 Å². The van der Waals surface area contributed by atoms with E-state index in [1.165, 1.54) is 11.3 Å². The number of amides is 2. The zero-order valence-corrected chi connectivity index (χ0v) is 19.3. The van der Waals surface area contributed by atoms with Crippen molar-refractivity contribution in [2.75, 3.05) is 13.2 Å². The quantitative estimate of drug-likeness (QED) is 0.399. The highest BCUT2D eigenvalue weighted by molar-refractivity contribution is 7.12. The molecule has 3 N–H and O–H groups in total. The van der Waals surface area contributed by atoms with E-state index in [1.54, 1.807) is 35.7 Å². The summed E-state index contributed by atoms with van der Waals surface area (Å²) in [6, 6.07) is 17.0. The minimum Gasteiger partial charge on any atom is -0.489 e. The molecule has 0 aliphatic carbocycles. The van der Waals surface area contributed by atoms with Gasteiger partial charge in [-0.2, -0.15) is 0 Å². The van der Waals surface area contributed by atoms with Crippen LogP contribution in [-0.2, 0) is 11.2 Å². The molecule has 1 aromatic heterocycles. The molecule has 0 aliphatic rings. The fourth-order valence-electron chi connectivity index (χ4n) is 2.88. The van der Waals surface area contributed by atoms with Crippen molar-refractivity contribution in [2.45, 2.75) is 18.6 Å². The summed E-state index contributed by atoms with van der Waals surface area (Å²) < 4.78 is 5.50. The molecule has 2 unspecified atom stereocenters. The molecule has 32 heavy (non-hydrogen) atoms. The van der Waals surface area contributed by atoms with E-state index in [0.29, 0.717) is 22.1 Å². The number of halogens is 2. The van der Waals surface area contributed by atoms with E-state index >= 15 is 0 Å². The molecule has 0 fully saturated rings. The Balaban J connectivity index is 1.57. The van der Waals surface area contributed by atoms with Crippen molar-refractivity contribution in [3.05, 3.63) is 86.5 Å². The fraction of sp³-hybridized carbons (Fsp3) is 0.217. The van der Waals surface area contributed by atoms with Gasteiger partial charge < -0.3 is 20.5 Å². The molecular formula is C23H22Cl2N2O4S. The van der Waals surface area contributed by atoms with Crippen LogP contribution in [0.1, 0.15) is 15.2 Å². The van der Waals surface area contributed by atoms with Gasteiger partial charge in [0, 0.05) is 13.0 Å². The van der Waals surface area contributed by atoms with Gasteiger partial charge in [0.05, 0.1) is 9.90 Å². The van der Waals surface area contributed by atoms with E-state index in [0.717, 1.165) is 5.56 Å². The molecule has 0 spiro atoms. The van der Waals surface area contributed by atoms with Gasteiger partial charge in [0.2, 0.25) is 5.91 Å². The second-order valence-electron chi connectivity index (χ2n) is 6.96. The van der Waals surface area contributed by atoms with Gasteiger partial charge in [0.1, 0.15) is 29.5 Å². The zero-order chi connectivity index (χ0) is 22.9. The Morgan fingerprint density at radius 2 is 1.81 bits per heavy atom. The van der Waals surface area contributed by atoms with E-state index in [9.17, 15) is 14.7 Å². The Bertz CT molecular complexity index is 1030. The average Bonchev–Trinajstić information content (AvgIpc) is 3.34. The van der Waals surface area contributed by atoms with Crippen LogP contribution >= 0.6 is 34.5 Å². The second kappa shape index (κ2) is 11.9. The first-order valence-corrected chi connectivity index (χ1v) is 11.5. The van der Waals surface area contributed by atoms with Gasteiger partial charge in [-0.1, -0.05) is 65.7 Å². The van der Waals surface area contributed by atoms with Crippen LogP contribution in [0.15, 0.2) is 66.0 Å². The number of hydrogen-bond acceptors (Lipinski definition) is 5. The van der Waals surface area contributed by atoms with Crippen molar-refractivity contribution in [1.29, 1.82) is 0 Å². The molecule has 0 bridgehead atoms. The lowest BCUT2D eigenvalue weighted by molar-refractivity contribution is -0.123. The number of ether oxygens (including phenoxy) is 1. The molecule has 2 atom stereocenters. The van der Waals surface area contributed by atoms with Crippen LogP contribution in [0.25, 0.3) is 0 Å². The fourth-order valence-corrected chi connectivity index (χ4v) is 3.85. The van der Waals surface area contributed by atoms with Crippen molar-refractivity contribution in [3.63, 3.8) is 0 Å². The molecule has 0 aliphatic heterocycles. The Morgan fingerprint density at radius 1 is 1.03 bits per heavy atom. The monoisotopic (exact) mass is 492 g/mol. The summed E-state index contributed by atoms with van der Waals surface area (Å²) in [6.07, 6.45) is -0.673. The SMILES string of the molecule is O=C(NC(Cc1ccccc1)C(=O)NCC(O)COc1cccc(Cl)c1Cl)c1cccs1. The number of thiophene rings is 1. The summed E-state index contributed by atoms with van der Waals surface area (Å²) in [5, 5.41) is 18.1. The highest BCUT2D eigenvalue weighted by Crippen LogP contribution is 2.31. The van der Waals surface area contributed by atoms with Crippen molar-refractivity contribution in [3.8, 4) is 5.75 Å². The number of nitrogens with one attached hydrogen (secondary N) is 2. The molecule has 168 valence electrons. The molecule has 2 amide bonds. The van der Waals surface area contributed by atoms with E-state index in [4.69, 9.17) is 27.9 Å². The predicted molar refractivity (Wildman–Crippen MR) is 127 cm³/mol. The molecule has 0 saturated heterocycles. The maximum atomic E-state index is 12.8. The number of rotatable bonds is 10. The third kappa shape index (κ3) is 6.97. The summed E-state index contributed by atoms with van der Waals surface area (Å²) in [5.41, 5.74) is 0.901. The highest BCUT2D eigenvalue weighted by Gasteiger charge is 2.23. The average molecular weight is 493 g/mol. The predicted octanol–water partition coefficient (Wildman–Crippen LogP) is 3.95. The van der Waals surface area contributed by atoms with Gasteiger partial charge in [-0.3, -0.25) is 9.59 Å². The smallest absolute Gasteiger partial charge is 0.262 e. The van der Waals surface area contributed by atoms with E-state index in [1.807, 2.05) is 30.3 Å². The van der Waals surface area contributed by atoms with Crippen molar-refractivity contribution >= 4 is 46.4 Å². The summed E-state index contributed by atoms with van der Waals surface area (Å²) in [4.78, 5) is 25.8. The van der Waals surface area contributed by atoms with Crippen LogP contribution in [-0.4, -0.2) is 42.2 Å². The normalized spacial score (nSPS) is 12.6. The van der Waals surface area contributed by atoms with Crippen molar-refractivity contribution < 1.29 is 19.4 Å². The van der Waals surface area contributed by atoms with Gasteiger partial charge in [0.25, 0.3) is 5.91 Å². The Labute approximate surface area is 200 Å². The Hall–Kier alpha value is -2.58. The lowest BCUT2D eigenvalue weighted by Gasteiger charge is -2.20. The number of hydrogen-bond donors (Lipinski definition) is 3. The maximum absolute atomic E-state index is 12.8. The number of carbonyl (C=O) groups is 2. The number of aliphatic hydroxyl groups excluding tert-OH is 1. The molecule has 3 rings (SSSR count). The first kappa shape index (κ1) is 24.1. The summed E-state index contributed by atoms with van der Waals surface area (Å²) in [7, 11) is 0. The van der Waals surface area contributed by atoms with Crippen molar-refractivity contribution in [2.24, 2.45) is 0 Å². The van der Waals surface area contributed by atoms with Crippen LogP contribution in [0.5, 0.6) is 5.75 Å². The number of benzene rings is 2. The van der Waals surface area contributed by atoms with Crippen molar-refractivity contribution in [1.82, 2.24) is 10.6 Å². The van der Waals surface area contributed by atoms with E-state index in [-0.39, 0.29) is 24.1 Å². The third-order valence-electron chi connectivity index (χ3n) is 4.51. The molecule has 2 aromatic carbocycles. The van der Waals surface area contributed by atoms with E-state index < -0.39 is 18.1 Å². The first-order chi connectivity index (χ1) is 15.4. The number of aliphatic hydroxyl groups is 1. The summed E-state index contributed by atoms with van der Waals surface area (Å²) >= 11 is 13.3. The molecule has 0 saturated carbocycles. The van der Waals surface area contributed by atoms with Crippen LogP contribution in [0.2, 0.25) is 10.0 Å². The molecular weight excluding hydrogens is 471 g/mol. The van der Waals surface area contributed by atoms with Gasteiger partial charge in [-0.15, -0.1) is 11.3 Å². The molecule has 3 aromatic rings. The molecule has 9 heteroatoms. The Kier molecular flexibility index (Phi) is 8.93. The van der Waals surface area contributed by atoms with Gasteiger partial charge in [0.15, 0.2) is 0 Å². The lowest BCUT2D eigenvalue weighted by Crippen LogP contribution is -2.49. The third-order valence-corrected chi connectivity index (χ3v) is 6.18. The standard InChI is InChI=1S/C23H22Cl2N2O4S/c24-17-8-4-9-19(21(17)25)31-14-16(28)13-26-22(29)18(12-15-6-2-1-3-7-15)27-23(30)20-10-5-11-32-20/h1-11,16,18,28H,12-14H2,(H,26,29)(H,27,30). The minimum absolute atomic E-state index is 0.0584. The van der Waals surface area contributed by atoms with Gasteiger partial charge in [-0.05, 0) is 29.1 Å². The van der Waals surface area contributed by atoms with Crippen LogP contribution in [0.3, 0.4) is 0 Å².